The SMILES string of the molecule is O=C(NCCn1nc(C(F)(F)F)c2c1CCOC2)c1ccc(Br)o1. The molecule has 130 valence electrons. The molecule has 1 N–H and O–H groups in total. The summed E-state index contributed by atoms with van der Waals surface area (Å²) in [7, 11) is 0. The van der Waals surface area contributed by atoms with E-state index < -0.39 is 17.8 Å². The molecule has 1 amide bonds. The van der Waals surface area contributed by atoms with Gasteiger partial charge in [0.1, 0.15) is 0 Å². The van der Waals surface area contributed by atoms with Gasteiger partial charge in [-0.1, -0.05) is 0 Å². The first kappa shape index (κ1) is 17.0. The number of furan rings is 1. The average Bonchev–Trinajstić information content (AvgIpc) is 3.11. The highest BCUT2D eigenvalue weighted by Crippen LogP contribution is 2.34. The molecule has 2 aromatic heterocycles. The first-order valence-corrected chi connectivity index (χ1v) is 7.92. The highest BCUT2D eigenvalue weighted by atomic mass is 79.9. The number of carbonyl (C=O) groups excluding carboxylic acids is 1. The highest BCUT2D eigenvalue weighted by Gasteiger charge is 2.39. The lowest BCUT2D eigenvalue weighted by molar-refractivity contribution is -0.142. The third-order valence-corrected chi connectivity index (χ3v) is 4.00. The second-order valence-electron chi connectivity index (χ2n) is 5.16. The van der Waals surface area contributed by atoms with E-state index in [0.29, 0.717) is 23.4 Å². The van der Waals surface area contributed by atoms with E-state index in [1.807, 2.05) is 0 Å². The van der Waals surface area contributed by atoms with Crippen molar-refractivity contribution in [1.29, 1.82) is 0 Å². The van der Waals surface area contributed by atoms with Crippen LogP contribution in [0.4, 0.5) is 13.2 Å². The van der Waals surface area contributed by atoms with E-state index in [1.54, 1.807) is 6.07 Å². The number of hydrogen-bond donors (Lipinski definition) is 1. The molecule has 3 heterocycles. The number of amides is 1. The van der Waals surface area contributed by atoms with E-state index in [4.69, 9.17) is 9.15 Å². The molecule has 1 aliphatic rings. The summed E-state index contributed by atoms with van der Waals surface area (Å²) in [5, 5.41) is 6.25. The van der Waals surface area contributed by atoms with Crippen LogP contribution in [0.1, 0.15) is 27.5 Å². The predicted octanol–water partition coefficient (Wildman–Crippen LogP) is 2.76. The number of halogens is 4. The smallest absolute Gasteiger partial charge is 0.435 e. The molecule has 10 heteroatoms. The molecule has 6 nitrogen and oxygen atoms in total. The maximum Gasteiger partial charge on any atom is 0.435 e. The molecular weight excluding hydrogens is 395 g/mol. The summed E-state index contributed by atoms with van der Waals surface area (Å²) in [5.41, 5.74) is -0.336. The van der Waals surface area contributed by atoms with E-state index >= 15 is 0 Å². The van der Waals surface area contributed by atoms with Crippen LogP contribution in [0, 0.1) is 0 Å². The van der Waals surface area contributed by atoms with Crippen LogP contribution in [0.2, 0.25) is 0 Å². The Labute approximate surface area is 143 Å². The van der Waals surface area contributed by atoms with Crippen LogP contribution in [0.5, 0.6) is 0 Å². The number of rotatable bonds is 4. The average molecular weight is 408 g/mol. The van der Waals surface area contributed by atoms with E-state index in [9.17, 15) is 18.0 Å². The van der Waals surface area contributed by atoms with Gasteiger partial charge in [0, 0.05) is 24.2 Å². The maximum absolute atomic E-state index is 13.0. The Kier molecular flexibility index (Phi) is 4.68. The van der Waals surface area contributed by atoms with Crippen molar-refractivity contribution in [3.63, 3.8) is 0 Å². The monoisotopic (exact) mass is 407 g/mol. The topological polar surface area (TPSA) is 69.3 Å². The largest absolute Gasteiger partial charge is 0.444 e. The fourth-order valence-electron chi connectivity index (χ4n) is 2.52. The molecular formula is C14H13BrF3N3O3. The molecule has 0 saturated heterocycles. The molecule has 0 atom stereocenters. The number of nitrogens with zero attached hydrogens (tertiary/aromatic N) is 2. The van der Waals surface area contributed by atoms with Gasteiger partial charge in [0.25, 0.3) is 5.91 Å². The summed E-state index contributed by atoms with van der Waals surface area (Å²) in [6.45, 7) is 0.509. The van der Waals surface area contributed by atoms with Gasteiger partial charge in [-0.15, -0.1) is 0 Å². The van der Waals surface area contributed by atoms with Gasteiger partial charge in [0.05, 0.1) is 19.8 Å². The minimum absolute atomic E-state index is 0.0787. The van der Waals surface area contributed by atoms with Crippen molar-refractivity contribution in [2.24, 2.45) is 0 Å². The Morgan fingerprint density at radius 1 is 1.42 bits per heavy atom. The van der Waals surface area contributed by atoms with Crippen molar-refractivity contribution in [3.05, 3.63) is 39.5 Å². The van der Waals surface area contributed by atoms with Gasteiger partial charge >= 0.3 is 6.18 Å². The van der Waals surface area contributed by atoms with Crippen molar-refractivity contribution in [3.8, 4) is 0 Å². The zero-order valence-corrected chi connectivity index (χ0v) is 13.9. The van der Waals surface area contributed by atoms with Crippen molar-refractivity contribution >= 4 is 21.8 Å². The van der Waals surface area contributed by atoms with Crippen LogP contribution in [-0.2, 0) is 30.5 Å². The van der Waals surface area contributed by atoms with Gasteiger partial charge in [-0.2, -0.15) is 18.3 Å². The predicted molar refractivity (Wildman–Crippen MR) is 79.3 cm³/mol. The summed E-state index contributed by atoms with van der Waals surface area (Å²) in [4.78, 5) is 11.8. The maximum atomic E-state index is 13.0. The molecule has 3 rings (SSSR count). The molecule has 0 aromatic carbocycles. The van der Waals surface area contributed by atoms with E-state index in [1.165, 1.54) is 10.7 Å². The van der Waals surface area contributed by atoms with Crippen molar-refractivity contribution < 1.29 is 27.1 Å². The molecule has 0 saturated carbocycles. The van der Waals surface area contributed by atoms with Crippen LogP contribution in [0.15, 0.2) is 21.2 Å². The minimum Gasteiger partial charge on any atom is -0.444 e. The number of aromatic nitrogens is 2. The van der Waals surface area contributed by atoms with Gasteiger partial charge in [-0.3, -0.25) is 9.48 Å². The van der Waals surface area contributed by atoms with Gasteiger partial charge < -0.3 is 14.5 Å². The quantitative estimate of drug-likeness (QED) is 0.845. The first-order valence-electron chi connectivity index (χ1n) is 7.13. The molecule has 24 heavy (non-hydrogen) atoms. The second-order valence-corrected chi connectivity index (χ2v) is 5.94. The van der Waals surface area contributed by atoms with Crippen molar-refractivity contribution in [1.82, 2.24) is 15.1 Å². The van der Waals surface area contributed by atoms with Crippen LogP contribution >= 0.6 is 15.9 Å². The van der Waals surface area contributed by atoms with E-state index in [0.717, 1.165) is 0 Å². The minimum atomic E-state index is -4.53. The molecule has 1 aliphatic heterocycles. The molecule has 2 aromatic rings. The van der Waals surface area contributed by atoms with Gasteiger partial charge in [0.2, 0.25) is 0 Å². The van der Waals surface area contributed by atoms with Crippen LogP contribution < -0.4 is 5.32 Å². The molecule has 0 unspecified atom stereocenters. The second kappa shape index (κ2) is 6.60. The normalized spacial score (nSPS) is 14.5. The lowest BCUT2D eigenvalue weighted by Gasteiger charge is -2.15. The van der Waals surface area contributed by atoms with Crippen molar-refractivity contribution in [2.45, 2.75) is 25.7 Å². The summed E-state index contributed by atoms with van der Waals surface area (Å²) < 4.78 is 51.1. The Morgan fingerprint density at radius 2 is 2.21 bits per heavy atom. The zero-order chi connectivity index (χ0) is 17.3. The van der Waals surface area contributed by atoms with Crippen LogP contribution in [0.3, 0.4) is 0 Å². The zero-order valence-electron chi connectivity index (χ0n) is 12.3. The fourth-order valence-corrected chi connectivity index (χ4v) is 2.83. The van der Waals surface area contributed by atoms with Gasteiger partial charge in [-0.05, 0) is 28.1 Å². The number of alkyl halides is 3. The number of nitrogens with one attached hydrogen (secondary N) is 1. The van der Waals surface area contributed by atoms with Crippen LogP contribution in [-0.4, -0.2) is 28.8 Å². The Morgan fingerprint density at radius 3 is 2.88 bits per heavy atom. The van der Waals surface area contributed by atoms with Gasteiger partial charge in [-0.25, -0.2) is 0 Å². The number of ether oxygens (including phenoxy) is 1. The van der Waals surface area contributed by atoms with E-state index in [-0.39, 0.29) is 31.0 Å². The standard InChI is InChI=1S/C14H13BrF3N3O3/c15-11-2-1-10(24-11)13(22)19-4-5-21-9-3-6-23-7-8(9)12(20-21)14(16,17)18/h1-2H,3-7H2,(H,19,22). The lowest BCUT2D eigenvalue weighted by Crippen LogP contribution is -2.28. The number of carbonyl (C=O) groups is 1. The van der Waals surface area contributed by atoms with Crippen molar-refractivity contribution in [2.75, 3.05) is 13.2 Å². The highest BCUT2D eigenvalue weighted by molar-refractivity contribution is 9.10. The summed E-state index contributed by atoms with van der Waals surface area (Å²) >= 11 is 3.09. The molecule has 0 radical (unpaired) electrons. The lowest BCUT2D eigenvalue weighted by atomic mass is 10.1. The fraction of sp³-hybridized carbons (Fsp3) is 0.429. The third-order valence-electron chi connectivity index (χ3n) is 3.57. The summed E-state index contributed by atoms with van der Waals surface area (Å²) in [6.07, 6.45) is -4.17. The molecule has 0 spiro atoms. The molecule has 0 bridgehead atoms. The third kappa shape index (κ3) is 3.48. The number of fused-ring (bicyclic) bond motifs is 1. The Hall–Kier alpha value is -1.81. The van der Waals surface area contributed by atoms with E-state index in [2.05, 4.69) is 26.3 Å². The number of hydrogen-bond acceptors (Lipinski definition) is 4. The molecule has 0 fully saturated rings. The molecule has 0 aliphatic carbocycles. The van der Waals surface area contributed by atoms with Gasteiger partial charge in [0.15, 0.2) is 16.1 Å². The Balaban J connectivity index is 1.69. The first-order chi connectivity index (χ1) is 11.4. The summed E-state index contributed by atoms with van der Waals surface area (Å²) in [6, 6.07) is 3.07. The Bertz CT molecular complexity index is 754. The summed E-state index contributed by atoms with van der Waals surface area (Å²) in [5.74, 6) is -0.324. The van der Waals surface area contributed by atoms with Crippen LogP contribution in [0.25, 0.3) is 0 Å².